The lowest BCUT2D eigenvalue weighted by atomic mass is 10.0. The number of benzene rings is 1. The maximum absolute atomic E-state index is 12.4. The standard InChI is InChI=1S/C16H24N4O4/c1-10(2)8-12(19-16(23)24)14(21)18-13(15(22)20-17)9-11-6-4-3-5-7-11/h3-7,10,12-13,19H,8-9,17H2,1-2H3,(H,18,21)(H,20,22)(H,23,24). The van der Waals surface area contributed by atoms with Crippen LogP contribution in [0.1, 0.15) is 25.8 Å². The van der Waals surface area contributed by atoms with Crippen molar-refractivity contribution in [3.63, 3.8) is 0 Å². The van der Waals surface area contributed by atoms with E-state index in [1.54, 1.807) is 0 Å². The molecule has 2 unspecified atom stereocenters. The van der Waals surface area contributed by atoms with Crippen molar-refractivity contribution in [3.05, 3.63) is 35.9 Å². The molecule has 0 saturated carbocycles. The number of hydrogen-bond donors (Lipinski definition) is 5. The molecule has 1 aromatic rings. The predicted molar refractivity (Wildman–Crippen MR) is 88.8 cm³/mol. The van der Waals surface area contributed by atoms with E-state index in [2.05, 4.69) is 10.6 Å². The van der Waals surface area contributed by atoms with Gasteiger partial charge < -0.3 is 15.7 Å². The number of nitrogens with two attached hydrogens (primary N) is 1. The van der Waals surface area contributed by atoms with Crippen molar-refractivity contribution in [3.8, 4) is 0 Å². The smallest absolute Gasteiger partial charge is 0.405 e. The van der Waals surface area contributed by atoms with Crippen LogP contribution >= 0.6 is 0 Å². The summed E-state index contributed by atoms with van der Waals surface area (Å²) in [7, 11) is 0. The number of carbonyl (C=O) groups excluding carboxylic acids is 2. The van der Waals surface area contributed by atoms with Gasteiger partial charge in [0.15, 0.2) is 0 Å². The molecular formula is C16H24N4O4. The summed E-state index contributed by atoms with van der Waals surface area (Å²) in [5, 5.41) is 13.6. The number of amides is 3. The third kappa shape index (κ3) is 6.66. The van der Waals surface area contributed by atoms with Crippen molar-refractivity contribution < 1.29 is 19.5 Å². The van der Waals surface area contributed by atoms with Crippen LogP contribution < -0.4 is 21.9 Å². The first-order valence-corrected chi connectivity index (χ1v) is 7.67. The summed E-state index contributed by atoms with van der Waals surface area (Å²) < 4.78 is 0. The van der Waals surface area contributed by atoms with Gasteiger partial charge in [-0.1, -0.05) is 44.2 Å². The number of rotatable bonds is 8. The average Bonchev–Trinajstić information content (AvgIpc) is 2.52. The molecule has 0 radical (unpaired) electrons. The highest BCUT2D eigenvalue weighted by molar-refractivity contribution is 5.91. The first kappa shape index (κ1) is 19.4. The highest BCUT2D eigenvalue weighted by Crippen LogP contribution is 2.07. The lowest BCUT2D eigenvalue weighted by Gasteiger charge is -2.23. The van der Waals surface area contributed by atoms with Gasteiger partial charge in [0, 0.05) is 6.42 Å². The van der Waals surface area contributed by atoms with E-state index in [9.17, 15) is 14.4 Å². The highest BCUT2D eigenvalue weighted by atomic mass is 16.4. The molecule has 8 heteroatoms. The Bertz CT molecular complexity index is 562. The SMILES string of the molecule is CC(C)CC(NC(=O)O)C(=O)NC(Cc1ccccc1)C(=O)NN. The van der Waals surface area contributed by atoms with Crippen LogP contribution in [0.25, 0.3) is 0 Å². The summed E-state index contributed by atoms with van der Waals surface area (Å²) in [5.41, 5.74) is 2.87. The second kappa shape index (κ2) is 9.51. The van der Waals surface area contributed by atoms with Crippen LogP contribution in [0.4, 0.5) is 4.79 Å². The molecule has 0 aromatic heterocycles. The van der Waals surface area contributed by atoms with Crippen LogP contribution in [0.2, 0.25) is 0 Å². The van der Waals surface area contributed by atoms with E-state index >= 15 is 0 Å². The van der Waals surface area contributed by atoms with Gasteiger partial charge in [0.1, 0.15) is 12.1 Å². The summed E-state index contributed by atoms with van der Waals surface area (Å²) in [5.74, 6) is 4.17. The molecule has 24 heavy (non-hydrogen) atoms. The Kier molecular flexibility index (Phi) is 7.70. The number of hydrogen-bond acceptors (Lipinski definition) is 4. The molecule has 0 aliphatic carbocycles. The predicted octanol–water partition coefficient (Wildman–Crippen LogP) is 0.386. The molecule has 0 fully saturated rings. The molecule has 8 nitrogen and oxygen atoms in total. The third-order valence-corrected chi connectivity index (χ3v) is 3.38. The van der Waals surface area contributed by atoms with Gasteiger partial charge in [-0.25, -0.2) is 10.6 Å². The Balaban J connectivity index is 2.84. The molecule has 0 bridgehead atoms. The molecule has 0 aliphatic heterocycles. The van der Waals surface area contributed by atoms with Crippen molar-refractivity contribution in [1.29, 1.82) is 0 Å². The Labute approximate surface area is 140 Å². The van der Waals surface area contributed by atoms with Crippen LogP contribution in [0.5, 0.6) is 0 Å². The Morgan fingerprint density at radius 1 is 1.04 bits per heavy atom. The van der Waals surface area contributed by atoms with E-state index in [0.717, 1.165) is 5.56 Å². The molecule has 0 saturated heterocycles. The lowest BCUT2D eigenvalue weighted by Crippen LogP contribution is -2.55. The van der Waals surface area contributed by atoms with Gasteiger partial charge in [-0.3, -0.25) is 15.0 Å². The average molecular weight is 336 g/mol. The lowest BCUT2D eigenvalue weighted by molar-refractivity contribution is -0.130. The monoisotopic (exact) mass is 336 g/mol. The van der Waals surface area contributed by atoms with Crippen LogP contribution in [0, 0.1) is 5.92 Å². The highest BCUT2D eigenvalue weighted by Gasteiger charge is 2.27. The van der Waals surface area contributed by atoms with Gasteiger partial charge in [0.05, 0.1) is 0 Å². The fraction of sp³-hybridized carbons (Fsp3) is 0.438. The maximum atomic E-state index is 12.4. The molecule has 2 atom stereocenters. The molecule has 132 valence electrons. The fourth-order valence-electron chi connectivity index (χ4n) is 2.28. The molecular weight excluding hydrogens is 312 g/mol. The zero-order valence-electron chi connectivity index (χ0n) is 13.8. The largest absolute Gasteiger partial charge is 0.465 e. The van der Waals surface area contributed by atoms with E-state index in [4.69, 9.17) is 10.9 Å². The van der Waals surface area contributed by atoms with E-state index in [1.165, 1.54) is 0 Å². The zero-order valence-corrected chi connectivity index (χ0v) is 13.8. The summed E-state index contributed by atoms with van der Waals surface area (Å²) in [6, 6.07) is 7.30. The van der Waals surface area contributed by atoms with Crippen molar-refractivity contribution in [1.82, 2.24) is 16.1 Å². The minimum Gasteiger partial charge on any atom is -0.465 e. The minimum absolute atomic E-state index is 0.100. The quantitative estimate of drug-likeness (QED) is 0.266. The van der Waals surface area contributed by atoms with Gasteiger partial charge in [-0.05, 0) is 17.9 Å². The minimum atomic E-state index is -1.29. The molecule has 3 amide bonds. The van der Waals surface area contributed by atoms with Crippen molar-refractivity contribution in [2.75, 3.05) is 0 Å². The van der Waals surface area contributed by atoms with Crippen LogP contribution in [-0.2, 0) is 16.0 Å². The third-order valence-electron chi connectivity index (χ3n) is 3.38. The first-order valence-electron chi connectivity index (χ1n) is 7.67. The first-order chi connectivity index (χ1) is 11.3. The zero-order chi connectivity index (χ0) is 18.1. The summed E-state index contributed by atoms with van der Waals surface area (Å²) in [4.78, 5) is 35.2. The molecule has 1 aromatic carbocycles. The Morgan fingerprint density at radius 3 is 2.17 bits per heavy atom. The molecule has 0 spiro atoms. The van der Waals surface area contributed by atoms with Crippen LogP contribution in [-0.4, -0.2) is 35.1 Å². The Hall–Kier alpha value is -2.61. The normalized spacial score (nSPS) is 13.0. The summed E-state index contributed by atoms with van der Waals surface area (Å²) >= 11 is 0. The summed E-state index contributed by atoms with van der Waals surface area (Å²) in [6.45, 7) is 3.75. The summed E-state index contributed by atoms with van der Waals surface area (Å²) in [6.07, 6.45) is -0.726. The second-order valence-electron chi connectivity index (χ2n) is 5.89. The van der Waals surface area contributed by atoms with Gasteiger partial charge >= 0.3 is 6.09 Å². The van der Waals surface area contributed by atoms with E-state index < -0.39 is 30.0 Å². The number of hydrazine groups is 1. The van der Waals surface area contributed by atoms with E-state index in [0.29, 0.717) is 6.42 Å². The maximum Gasteiger partial charge on any atom is 0.405 e. The van der Waals surface area contributed by atoms with Gasteiger partial charge in [0.2, 0.25) is 5.91 Å². The van der Waals surface area contributed by atoms with Crippen molar-refractivity contribution in [2.45, 2.75) is 38.8 Å². The number of nitrogens with one attached hydrogen (secondary N) is 3. The molecule has 1 rings (SSSR count). The molecule has 0 heterocycles. The molecule has 0 aliphatic rings. The van der Waals surface area contributed by atoms with Crippen molar-refractivity contribution >= 4 is 17.9 Å². The number of carboxylic acid groups (broad SMARTS) is 1. The topological polar surface area (TPSA) is 134 Å². The van der Waals surface area contributed by atoms with Crippen LogP contribution in [0.3, 0.4) is 0 Å². The van der Waals surface area contributed by atoms with Gasteiger partial charge in [-0.15, -0.1) is 0 Å². The molecule has 6 N–H and O–H groups in total. The Morgan fingerprint density at radius 2 is 1.67 bits per heavy atom. The number of carbonyl (C=O) groups is 3. The van der Waals surface area contributed by atoms with E-state index in [-0.39, 0.29) is 12.3 Å². The second-order valence-corrected chi connectivity index (χ2v) is 5.89. The fourth-order valence-corrected chi connectivity index (χ4v) is 2.28. The van der Waals surface area contributed by atoms with E-state index in [1.807, 2.05) is 49.6 Å². The van der Waals surface area contributed by atoms with Crippen LogP contribution in [0.15, 0.2) is 30.3 Å². The van der Waals surface area contributed by atoms with Gasteiger partial charge in [0.25, 0.3) is 5.91 Å². The van der Waals surface area contributed by atoms with Crippen molar-refractivity contribution in [2.24, 2.45) is 11.8 Å². The van der Waals surface area contributed by atoms with Gasteiger partial charge in [-0.2, -0.15) is 0 Å².